The highest BCUT2D eigenvalue weighted by atomic mass is 35.5. The lowest BCUT2D eigenvalue weighted by Gasteiger charge is -2.05. The Labute approximate surface area is 88.5 Å². The highest BCUT2D eigenvalue weighted by Gasteiger charge is 2.50. The molecule has 1 nitrogen and oxygen atoms in total. The summed E-state index contributed by atoms with van der Waals surface area (Å²) in [6.07, 6.45) is -0.823. The lowest BCUT2D eigenvalue weighted by molar-refractivity contribution is 0.308. The van der Waals surface area contributed by atoms with E-state index in [1.807, 2.05) is 30.9 Å². The fourth-order valence-electron chi connectivity index (χ4n) is 1.81. The summed E-state index contributed by atoms with van der Waals surface area (Å²) in [6.45, 7) is 4.00. The molecule has 1 aromatic carbocycles. The molecule has 0 bridgehead atoms. The van der Waals surface area contributed by atoms with Crippen LogP contribution in [0.4, 0.5) is 4.39 Å². The van der Waals surface area contributed by atoms with E-state index in [1.54, 1.807) is 12.1 Å². The van der Waals surface area contributed by atoms with Crippen LogP contribution >= 0.6 is 11.6 Å². The molecule has 1 fully saturated rings. The first kappa shape index (κ1) is 9.94. The molecule has 1 heterocycles. The van der Waals surface area contributed by atoms with Crippen molar-refractivity contribution >= 4 is 11.6 Å². The molecule has 1 saturated heterocycles. The van der Waals surface area contributed by atoms with Gasteiger partial charge < -0.3 is 0 Å². The highest BCUT2D eigenvalue weighted by Crippen LogP contribution is 2.45. The van der Waals surface area contributed by atoms with Crippen LogP contribution in [0.1, 0.15) is 25.5 Å². The van der Waals surface area contributed by atoms with Crippen LogP contribution in [0.15, 0.2) is 24.3 Å². The summed E-state index contributed by atoms with van der Waals surface area (Å²) in [4.78, 5) is 1.84. The Morgan fingerprint density at radius 3 is 2.29 bits per heavy atom. The van der Waals surface area contributed by atoms with Gasteiger partial charge in [0.1, 0.15) is 0 Å². The summed E-state index contributed by atoms with van der Waals surface area (Å²) in [5, 5.41) is 0.695. The maximum absolute atomic E-state index is 13.4. The molecule has 0 spiro atoms. The van der Waals surface area contributed by atoms with Gasteiger partial charge in [-0.25, -0.2) is 4.39 Å². The third-order valence-corrected chi connectivity index (χ3v) is 2.84. The number of hydrogen-bond acceptors (Lipinski definition) is 1. The zero-order chi connectivity index (χ0) is 10.3. The van der Waals surface area contributed by atoms with Crippen molar-refractivity contribution in [3.63, 3.8) is 0 Å². The molecule has 0 aliphatic carbocycles. The van der Waals surface area contributed by atoms with Crippen molar-refractivity contribution in [3.8, 4) is 0 Å². The van der Waals surface area contributed by atoms with Crippen molar-refractivity contribution in [3.05, 3.63) is 34.9 Å². The van der Waals surface area contributed by atoms with Gasteiger partial charge in [0, 0.05) is 11.1 Å². The highest BCUT2D eigenvalue weighted by molar-refractivity contribution is 6.30. The number of nitrogens with zero attached hydrogens (tertiary/aromatic N) is 1. The van der Waals surface area contributed by atoms with Gasteiger partial charge in [-0.2, -0.15) is 0 Å². The molecule has 3 atom stereocenters. The number of rotatable bonds is 2. The third-order valence-electron chi connectivity index (χ3n) is 2.58. The molecule has 0 N–H and O–H groups in total. The van der Waals surface area contributed by atoms with Gasteiger partial charge >= 0.3 is 0 Å². The van der Waals surface area contributed by atoms with Crippen molar-refractivity contribution in [2.75, 3.05) is 0 Å². The largest absolute Gasteiger partial charge is 0.258 e. The van der Waals surface area contributed by atoms with E-state index < -0.39 is 6.30 Å². The Morgan fingerprint density at radius 2 is 1.86 bits per heavy atom. The summed E-state index contributed by atoms with van der Waals surface area (Å²) in [6, 6.07) is 7.59. The van der Waals surface area contributed by atoms with E-state index in [9.17, 15) is 4.39 Å². The van der Waals surface area contributed by atoms with E-state index in [1.165, 1.54) is 0 Å². The standard InChI is InChI=1S/C11H13ClFN/c1-7(2)14-10(11(14)13)8-3-5-9(12)6-4-8/h3-7,10-11H,1-2H3/t10-,11-,14?/m1/s1. The molecule has 0 saturated carbocycles. The molecule has 2 rings (SSSR count). The minimum absolute atomic E-state index is 0.0627. The number of alkyl halides is 1. The van der Waals surface area contributed by atoms with Gasteiger partial charge in [0.15, 0.2) is 6.30 Å². The van der Waals surface area contributed by atoms with Crippen LogP contribution in [0, 0.1) is 0 Å². The van der Waals surface area contributed by atoms with Gasteiger partial charge in [-0.05, 0) is 31.5 Å². The second-order valence-electron chi connectivity index (χ2n) is 3.91. The summed E-state index contributed by atoms with van der Waals surface area (Å²) >= 11 is 5.76. The second-order valence-corrected chi connectivity index (χ2v) is 4.35. The van der Waals surface area contributed by atoms with Crippen LogP contribution in [-0.2, 0) is 0 Å². The monoisotopic (exact) mass is 213 g/mol. The van der Waals surface area contributed by atoms with Gasteiger partial charge in [-0.3, -0.25) is 4.90 Å². The molecule has 14 heavy (non-hydrogen) atoms. The minimum Gasteiger partial charge on any atom is -0.258 e. The van der Waals surface area contributed by atoms with Crippen molar-refractivity contribution in [2.24, 2.45) is 0 Å². The lowest BCUT2D eigenvalue weighted by atomic mass is 10.1. The Hall–Kier alpha value is -0.600. The van der Waals surface area contributed by atoms with Crippen LogP contribution in [0.25, 0.3) is 0 Å². The van der Waals surface area contributed by atoms with Crippen LogP contribution < -0.4 is 0 Å². The molecule has 1 unspecified atom stereocenters. The number of benzene rings is 1. The first-order valence-corrected chi connectivity index (χ1v) is 5.16. The van der Waals surface area contributed by atoms with E-state index in [2.05, 4.69) is 0 Å². The Balaban J connectivity index is 2.15. The molecule has 0 amide bonds. The fourth-order valence-corrected chi connectivity index (χ4v) is 1.94. The van der Waals surface area contributed by atoms with E-state index in [0.29, 0.717) is 5.02 Å². The second kappa shape index (κ2) is 3.52. The molecule has 76 valence electrons. The maximum Gasteiger partial charge on any atom is 0.174 e. The van der Waals surface area contributed by atoms with Crippen molar-refractivity contribution in [1.29, 1.82) is 0 Å². The molecule has 1 aliphatic heterocycles. The molecule has 0 aromatic heterocycles. The predicted octanol–water partition coefficient (Wildman–Crippen LogP) is 3.40. The van der Waals surface area contributed by atoms with Crippen LogP contribution in [0.5, 0.6) is 0 Å². The van der Waals surface area contributed by atoms with Gasteiger partial charge in [0.25, 0.3) is 0 Å². The van der Waals surface area contributed by atoms with Crippen LogP contribution in [0.3, 0.4) is 0 Å². The molecule has 3 heteroatoms. The molecule has 1 aromatic rings. The van der Waals surface area contributed by atoms with Gasteiger partial charge in [-0.1, -0.05) is 23.7 Å². The van der Waals surface area contributed by atoms with E-state index in [0.717, 1.165) is 5.56 Å². The summed E-state index contributed by atoms with van der Waals surface area (Å²) in [5.41, 5.74) is 1.01. The van der Waals surface area contributed by atoms with Gasteiger partial charge in [0.2, 0.25) is 0 Å². The first-order chi connectivity index (χ1) is 6.61. The average molecular weight is 214 g/mol. The summed E-state index contributed by atoms with van der Waals surface area (Å²) < 4.78 is 13.4. The first-order valence-electron chi connectivity index (χ1n) is 4.78. The SMILES string of the molecule is CC(C)N1[C@H](c2ccc(Cl)cc2)[C@@H]1F. The number of hydrogen-bond donors (Lipinski definition) is 0. The van der Waals surface area contributed by atoms with Crippen LogP contribution in [-0.4, -0.2) is 17.2 Å². The molecular formula is C11H13ClFN. The maximum atomic E-state index is 13.4. The minimum atomic E-state index is -0.823. The van der Waals surface area contributed by atoms with E-state index >= 15 is 0 Å². The quantitative estimate of drug-likeness (QED) is 0.538. The normalized spacial score (nSPS) is 30.8. The summed E-state index contributed by atoms with van der Waals surface area (Å²) in [5.74, 6) is 0. The lowest BCUT2D eigenvalue weighted by Crippen LogP contribution is -2.10. The van der Waals surface area contributed by atoms with Crippen molar-refractivity contribution < 1.29 is 4.39 Å². The molecular weight excluding hydrogens is 201 g/mol. The van der Waals surface area contributed by atoms with Gasteiger partial charge in [-0.15, -0.1) is 0 Å². The third kappa shape index (κ3) is 1.64. The van der Waals surface area contributed by atoms with Gasteiger partial charge in [0.05, 0.1) is 6.04 Å². The molecule has 0 radical (unpaired) electrons. The van der Waals surface area contributed by atoms with Crippen molar-refractivity contribution in [2.45, 2.75) is 32.2 Å². The Bertz CT molecular complexity index is 323. The zero-order valence-electron chi connectivity index (χ0n) is 8.24. The Kier molecular flexibility index (Phi) is 2.50. The number of halogens is 2. The van der Waals surface area contributed by atoms with Crippen LogP contribution in [0.2, 0.25) is 5.02 Å². The average Bonchev–Trinajstić information content (AvgIpc) is 2.79. The topological polar surface area (TPSA) is 3.01 Å². The van der Waals surface area contributed by atoms with E-state index in [4.69, 9.17) is 11.6 Å². The zero-order valence-corrected chi connectivity index (χ0v) is 9.00. The smallest absolute Gasteiger partial charge is 0.174 e. The van der Waals surface area contributed by atoms with Crippen molar-refractivity contribution in [1.82, 2.24) is 4.90 Å². The van der Waals surface area contributed by atoms with E-state index in [-0.39, 0.29) is 12.1 Å². The Morgan fingerprint density at radius 1 is 1.29 bits per heavy atom. The predicted molar refractivity (Wildman–Crippen MR) is 56.1 cm³/mol. The summed E-state index contributed by atoms with van der Waals surface area (Å²) in [7, 11) is 0. The molecule has 1 aliphatic rings. The fraction of sp³-hybridized carbons (Fsp3) is 0.455.